The molecule has 3 heteroatoms. The standard InChI is InChI=1S/C19H21NO2/c1-14-12-16-7-3-4-9-18(16)20(14)19(21)11-10-15-6-5-8-17(13-15)22-2/h3-9,13-14H,10-12H2,1-2H3. The van der Waals surface area contributed by atoms with E-state index in [1.807, 2.05) is 47.4 Å². The van der Waals surface area contributed by atoms with Crippen LogP contribution < -0.4 is 9.64 Å². The second kappa shape index (κ2) is 6.22. The number of carbonyl (C=O) groups excluding carboxylic acids is 1. The summed E-state index contributed by atoms with van der Waals surface area (Å²) in [6.45, 7) is 2.11. The van der Waals surface area contributed by atoms with E-state index in [1.165, 1.54) is 5.56 Å². The molecule has 1 aliphatic rings. The minimum Gasteiger partial charge on any atom is -0.497 e. The molecule has 0 aromatic heterocycles. The number of hydrogen-bond donors (Lipinski definition) is 0. The minimum atomic E-state index is 0.195. The maximum absolute atomic E-state index is 12.6. The number of benzene rings is 2. The third kappa shape index (κ3) is 2.84. The van der Waals surface area contributed by atoms with E-state index in [0.29, 0.717) is 6.42 Å². The molecule has 22 heavy (non-hydrogen) atoms. The van der Waals surface area contributed by atoms with Crippen molar-refractivity contribution in [1.29, 1.82) is 0 Å². The van der Waals surface area contributed by atoms with Gasteiger partial charge in [0.1, 0.15) is 5.75 Å². The van der Waals surface area contributed by atoms with Crippen molar-refractivity contribution in [3.8, 4) is 5.75 Å². The number of nitrogens with zero attached hydrogens (tertiary/aromatic N) is 1. The molecule has 0 saturated carbocycles. The molecule has 0 radical (unpaired) electrons. The van der Waals surface area contributed by atoms with Gasteiger partial charge in [-0.3, -0.25) is 4.79 Å². The van der Waals surface area contributed by atoms with Crippen LogP contribution in [0.1, 0.15) is 24.5 Å². The van der Waals surface area contributed by atoms with E-state index < -0.39 is 0 Å². The highest BCUT2D eigenvalue weighted by Gasteiger charge is 2.29. The molecular formula is C19H21NO2. The number of anilines is 1. The number of methoxy groups -OCH3 is 1. The van der Waals surface area contributed by atoms with E-state index in [2.05, 4.69) is 13.0 Å². The Labute approximate surface area is 131 Å². The maximum Gasteiger partial charge on any atom is 0.227 e. The van der Waals surface area contributed by atoms with Crippen LogP contribution in [0.3, 0.4) is 0 Å². The van der Waals surface area contributed by atoms with Gasteiger partial charge in [-0.1, -0.05) is 30.3 Å². The van der Waals surface area contributed by atoms with Crippen molar-refractivity contribution < 1.29 is 9.53 Å². The molecule has 1 atom stereocenters. The zero-order valence-corrected chi connectivity index (χ0v) is 13.1. The van der Waals surface area contributed by atoms with Gasteiger partial charge in [0.2, 0.25) is 5.91 Å². The third-order valence-electron chi connectivity index (χ3n) is 4.24. The number of fused-ring (bicyclic) bond motifs is 1. The Morgan fingerprint density at radius 2 is 2.05 bits per heavy atom. The van der Waals surface area contributed by atoms with Crippen LogP contribution in [0.25, 0.3) is 0 Å². The van der Waals surface area contributed by atoms with Gasteiger partial charge < -0.3 is 9.64 Å². The predicted octanol–water partition coefficient (Wildman–Crippen LogP) is 3.61. The molecule has 0 saturated heterocycles. The van der Waals surface area contributed by atoms with Crippen molar-refractivity contribution in [2.75, 3.05) is 12.0 Å². The number of rotatable bonds is 4. The van der Waals surface area contributed by atoms with Gasteiger partial charge in [-0.2, -0.15) is 0 Å². The van der Waals surface area contributed by atoms with Gasteiger partial charge >= 0.3 is 0 Å². The van der Waals surface area contributed by atoms with E-state index in [9.17, 15) is 4.79 Å². The largest absolute Gasteiger partial charge is 0.497 e. The maximum atomic E-state index is 12.6. The van der Waals surface area contributed by atoms with Crippen molar-refractivity contribution in [3.63, 3.8) is 0 Å². The number of aryl methyl sites for hydroxylation is 1. The number of hydrogen-bond acceptors (Lipinski definition) is 2. The predicted molar refractivity (Wildman–Crippen MR) is 88.4 cm³/mol. The van der Waals surface area contributed by atoms with Crippen LogP contribution in [-0.2, 0) is 17.6 Å². The third-order valence-corrected chi connectivity index (χ3v) is 4.24. The quantitative estimate of drug-likeness (QED) is 0.862. The summed E-state index contributed by atoms with van der Waals surface area (Å²) in [6, 6.07) is 16.4. The van der Waals surface area contributed by atoms with Gasteiger partial charge in [-0.15, -0.1) is 0 Å². The molecule has 2 aromatic rings. The van der Waals surface area contributed by atoms with E-state index in [-0.39, 0.29) is 11.9 Å². The summed E-state index contributed by atoms with van der Waals surface area (Å²) in [4.78, 5) is 14.6. The summed E-state index contributed by atoms with van der Waals surface area (Å²) < 4.78 is 5.23. The zero-order valence-electron chi connectivity index (χ0n) is 13.1. The number of ether oxygens (including phenoxy) is 1. The van der Waals surface area contributed by atoms with E-state index in [0.717, 1.165) is 29.8 Å². The second-order valence-electron chi connectivity index (χ2n) is 5.80. The molecule has 0 aliphatic carbocycles. The van der Waals surface area contributed by atoms with Crippen LogP contribution in [0, 0.1) is 0 Å². The van der Waals surface area contributed by atoms with Crippen molar-refractivity contribution in [2.45, 2.75) is 32.2 Å². The first-order valence-corrected chi connectivity index (χ1v) is 7.72. The molecule has 0 N–H and O–H groups in total. The SMILES string of the molecule is COc1cccc(CCC(=O)N2c3ccccc3CC2C)c1. The Morgan fingerprint density at radius 3 is 2.86 bits per heavy atom. The van der Waals surface area contributed by atoms with Crippen molar-refractivity contribution in [1.82, 2.24) is 0 Å². The van der Waals surface area contributed by atoms with Gasteiger partial charge in [-0.25, -0.2) is 0 Å². The van der Waals surface area contributed by atoms with Crippen molar-refractivity contribution in [2.24, 2.45) is 0 Å². The molecule has 1 aliphatic heterocycles. The van der Waals surface area contributed by atoms with Crippen LogP contribution in [0.2, 0.25) is 0 Å². The van der Waals surface area contributed by atoms with Crippen LogP contribution >= 0.6 is 0 Å². The lowest BCUT2D eigenvalue weighted by Gasteiger charge is -2.22. The lowest BCUT2D eigenvalue weighted by molar-refractivity contribution is -0.118. The topological polar surface area (TPSA) is 29.5 Å². The molecule has 114 valence electrons. The normalized spacial score (nSPS) is 16.5. The molecule has 0 spiro atoms. The summed E-state index contributed by atoms with van der Waals surface area (Å²) in [5.74, 6) is 1.03. The highest BCUT2D eigenvalue weighted by atomic mass is 16.5. The number of carbonyl (C=O) groups is 1. The minimum absolute atomic E-state index is 0.195. The second-order valence-corrected chi connectivity index (χ2v) is 5.80. The molecule has 0 bridgehead atoms. The van der Waals surface area contributed by atoms with E-state index in [1.54, 1.807) is 7.11 Å². The highest BCUT2D eigenvalue weighted by Crippen LogP contribution is 2.32. The summed E-state index contributed by atoms with van der Waals surface area (Å²) >= 11 is 0. The number of amides is 1. The average Bonchev–Trinajstić information content (AvgIpc) is 2.88. The molecule has 3 nitrogen and oxygen atoms in total. The Morgan fingerprint density at radius 1 is 1.23 bits per heavy atom. The Balaban J connectivity index is 1.70. The van der Waals surface area contributed by atoms with Crippen LogP contribution in [0.15, 0.2) is 48.5 Å². The van der Waals surface area contributed by atoms with Crippen LogP contribution in [-0.4, -0.2) is 19.1 Å². The Hall–Kier alpha value is -2.29. The van der Waals surface area contributed by atoms with E-state index in [4.69, 9.17) is 4.74 Å². The Bertz CT molecular complexity index is 681. The first-order chi connectivity index (χ1) is 10.7. The fourth-order valence-electron chi connectivity index (χ4n) is 3.15. The molecule has 3 rings (SSSR count). The first kappa shape index (κ1) is 14.6. The van der Waals surface area contributed by atoms with Gasteiger partial charge in [0.05, 0.1) is 7.11 Å². The summed E-state index contributed by atoms with van der Waals surface area (Å²) in [7, 11) is 1.66. The van der Waals surface area contributed by atoms with Gasteiger partial charge in [-0.05, 0) is 49.1 Å². The fraction of sp³-hybridized carbons (Fsp3) is 0.316. The molecule has 1 heterocycles. The highest BCUT2D eigenvalue weighted by molar-refractivity contribution is 5.96. The zero-order chi connectivity index (χ0) is 15.5. The molecule has 0 fully saturated rings. The first-order valence-electron chi connectivity index (χ1n) is 7.72. The Kier molecular flexibility index (Phi) is 4.14. The lowest BCUT2D eigenvalue weighted by atomic mass is 10.1. The average molecular weight is 295 g/mol. The van der Waals surface area contributed by atoms with Crippen molar-refractivity contribution >= 4 is 11.6 Å². The molecular weight excluding hydrogens is 274 g/mol. The smallest absolute Gasteiger partial charge is 0.227 e. The van der Waals surface area contributed by atoms with Crippen LogP contribution in [0.5, 0.6) is 5.75 Å². The van der Waals surface area contributed by atoms with Gasteiger partial charge in [0, 0.05) is 18.2 Å². The summed E-state index contributed by atoms with van der Waals surface area (Å²) in [6.07, 6.45) is 2.20. The number of para-hydroxylation sites is 1. The monoisotopic (exact) mass is 295 g/mol. The molecule has 1 unspecified atom stereocenters. The van der Waals surface area contributed by atoms with Crippen molar-refractivity contribution in [3.05, 3.63) is 59.7 Å². The lowest BCUT2D eigenvalue weighted by Crippen LogP contribution is -2.35. The van der Waals surface area contributed by atoms with Crippen LogP contribution in [0.4, 0.5) is 5.69 Å². The molecule has 2 aromatic carbocycles. The summed E-state index contributed by atoms with van der Waals surface area (Å²) in [5.41, 5.74) is 3.48. The molecule has 1 amide bonds. The van der Waals surface area contributed by atoms with E-state index >= 15 is 0 Å². The van der Waals surface area contributed by atoms with Gasteiger partial charge in [0.25, 0.3) is 0 Å². The fourth-order valence-corrected chi connectivity index (χ4v) is 3.15. The summed E-state index contributed by atoms with van der Waals surface area (Å²) in [5, 5.41) is 0. The van der Waals surface area contributed by atoms with Gasteiger partial charge in [0.15, 0.2) is 0 Å².